The SMILES string of the molecule is O=C(CCOc1ccccc1)Nc1ccc2c(c1)N(C(=O)C1CC1)CC2. The van der Waals surface area contributed by atoms with Gasteiger partial charge in [-0.05, 0) is 49.1 Å². The lowest BCUT2D eigenvalue weighted by Crippen LogP contribution is -2.30. The number of rotatable bonds is 6. The summed E-state index contributed by atoms with van der Waals surface area (Å²) in [6, 6.07) is 15.3. The Morgan fingerprint density at radius 1 is 1.12 bits per heavy atom. The third-order valence-electron chi connectivity index (χ3n) is 4.80. The summed E-state index contributed by atoms with van der Waals surface area (Å²) in [6.07, 6.45) is 3.16. The number of nitrogens with one attached hydrogen (secondary N) is 1. The van der Waals surface area contributed by atoms with Crippen LogP contribution >= 0.6 is 0 Å². The lowest BCUT2D eigenvalue weighted by molar-refractivity contribution is -0.119. The van der Waals surface area contributed by atoms with Gasteiger partial charge < -0.3 is 15.0 Å². The van der Waals surface area contributed by atoms with Crippen molar-refractivity contribution in [3.63, 3.8) is 0 Å². The summed E-state index contributed by atoms with van der Waals surface area (Å²) in [5.74, 6) is 1.09. The van der Waals surface area contributed by atoms with Crippen LogP contribution < -0.4 is 15.0 Å². The highest BCUT2D eigenvalue weighted by Crippen LogP contribution is 2.37. The number of fused-ring (bicyclic) bond motifs is 1. The van der Waals surface area contributed by atoms with Crippen molar-refractivity contribution in [3.8, 4) is 5.75 Å². The fraction of sp³-hybridized carbons (Fsp3) is 0.333. The fourth-order valence-electron chi connectivity index (χ4n) is 3.24. The van der Waals surface area contributed by atoms with Gasteiger partial charge in [0.15, 0.2) is 0 Å². The first kappa shape index (κ1) is 16.6. The Morgan fingerprint density at radius 2 is 1.92 bits per heavy atom. The van der Waals surface area contributed by atoms with Gasteiger partial charge in [0.1, 0.15) is 5.75 Å². The monoisotopic (exact) mass is 350 g/mol. The molecule has 0 radical (unpaired) electrons. The van der Waals surface area contributed by atoms with Crippen LogP contribution in [0.3, 0.4) is 0 Å². The van der Waals surface area contributed by atoms with Gasteiger partial charge in [-0.15, -0.1) is 0 Å². The topological polar surface area (TPSA) is 58.6 Å². The molecule has 0 bridgehead atoms. The number of amides is 2. The molecule has 0 saturated heterocycles. The minimum atomic E-state index is -0.0982. The van der Waals surface area contributed by atoms with Crippen molar-refractivity contribution in [1.29, 1.82) is 0 Å². The van der Waals surface area contributed by atoms with Crippen LogP contribution in [0.4, 0.5) is 11.4 Å². The van der Waals surface area contributed by atoms with E-state index in [-0.39, 0.29) is 24.2 Å². The number of anilines is 2. The van der Waals surface area contributed by atoms with Crippen LogP contribution in [0.25, 0.3) is 0 Å². The molecule has 0 spiro atoms. The molecule has 1 heterocycles. The Kier molecular flexibility index (Phi) is 4.61. The quantitative estimate of drug-likeness (QED) is 0.869. The van der Waals surface area contributed by atoms with Gasteiger partial charge in [-0.3, -0.25) is 9.59 Å². The second-order valence-electron chi connectivity index (χ2n) is 6.82. The molecule has 0 aromatic heterocycles. The molecular weight excluding hydrogens is 328 g/mol. The van der Waals surface area contributed by atoms with Gasteiger partial charge in [0.25, 0.3) is 0 Å². The van der Waals surface area contributed by atoms with Crippen LogP contribution in [0.1, 0.15) is 24.8 Å². The molecule has 0 unspecified atom stereocenters. The third-order valence-corrected chi connectivity index (χ3v) is 4.80. The van der Waals surface area contributed by atoms with Crippen LogP contribution in [0.15, 0.2) is 48.5 Å². The Balaban J connectivity index is 1.34. The summed E-state index contributed by atoms with van der Waals surface area (Å²) < 4.78 is 5.56. The molecule has 5 heteroatoms. The van der Waals surface area contributed by atoms with Crippen molar-refractivity contribution in [2.75, 3.05) is 23.4 Å². The summed E-state index contributed by atoms with van der Waals surface area (Å²) in [5, 5.41) is 2.91. The molecule has 1 N–H and O–H groups in total. The smallest absolute Gasteiger partial charge is 0.230 e. The number of carbonyl (C=O) groups excluding carboxylic acids is 2. The molecule has 2 amide bonds. The largest absolute Gasteiger partial charge is 0.493 e. The van der Waals surface area contributed by atoms with Gasteiger partial charge in [0.2, 0.25) is 11.8 Å². The molecule has 4 rings (SSSR count). The van der Waals surface area contributed by atoms with E-state index < -0.39 is 0 Å². The summed E-state index contributed by atoms with van der Waals surface area (Å²) in [5.41, 5.74) is 2.84. The highest BCUT2D eigenvalue weighted by atomic mass is 16.5. The van der Waals surface area contributed by atoms with E-state index in [0.717, 1.165) is 42.9 Å². The average molecular weight is 350 g/mol. The second-order valence-corrected chi connectivity index (χ2v) is 6.82. The molecule has 0 atom stereocenters. The zero-order valence-corrected chi connectivity index (χ0v) is 14.6. The van der Waals surface area contributed by atoms with Gasteiger partial charge >= 0.3 is 0 Å². The first-order chi connectivity index (χ1) is 12.7. The number of para-hydroxylation sites is 1. The van der Waals surface area contributed by atoms with Gasteiger partial charge in [-0.1, -0.05) is 24.3 Å². The van der Waals surface area contributed by atoms with E-state index in [1.807, 2.05) is 53.4 Å². The Bertz CT molecular complexity index is 815. The minimum absolute atomic E-state index is 0.0982. The van der Waals surface area contributed by atoms with Gasteiger partial charge in [0, 0.05) is 23.8 Å². The van der Waals surface area contributed by atoms with Crippen LogP contribution in [0.5, 0.6) is 5.75 Å². The van der Waals surface area contributed by atoms with Gasteiger partial charge in [-0.25, -0.2) is 0 Å². The highest BCUT2D eigenvalue weighted by molar-refractivity contribution is 5.99. The standard InChI is InChI=1S/C21H22N2O3/c24-20(11-13-26-18-4-2-1-3-5-18)22-17-9-8-15-10-12-23(19(15)14-17)21(25)16-6-7-16/h1-5,8-9,14,16H,6-7,10-13H2,(H,22,24). The van der Waals surface area contributed by atoms with Gasteiger partial charge in [0.05, 0.1) is 13.0 Å². The van der Waals surface area contributed by atoms with E-state index in [9.17, 15) is 9.59 Å². The van der Waals surface area contributed by atoms with Gasteiger partial charge in [-0.2, -0.15) is 0 Å². The van der Waals surface area contributed by atoms with Crippen molar-refractivity contribution >= 4 is 23.2 Å². The predicted molar refractivity (Wildman–Crippen MR) is 100 cm³/mol. The van der Waals surface area contributed by atoms with Crippen LogP contribution in [0, 0.1) is 5.92 Å². The van der Waals surface area contributed by atoms with Crippen molar-refractivity contribution in [2.45, 2.75) is 25.7 Å². The number of hydrogen-bond acceptors (Lipinski definition) is 3. The lowest BCUT2D eigenvalue weighted by atomic mass is 10.1. The van der Waals surface area contributed by atoms with Crippen LogP contribution in [0.2, 0.25) is 0 Å². The van der Waals surface area contributed by atoms with Crippen molar-refractivity contribution in [1.82, 2.24) is 0 Å². The van der Waals surface area contributed by atoms with Crippen LogP contribution in [-0.4, -0.2) is 25.0 Å². The van der Waals surface area contributed by atoms with E-state index in [4.69, 9.17) is 4.74 Å². The number of ether oxygens (including phenoxy) is 1. The van der Waals surface area contributed by atoms with E-state index in [1.165, 1.54) is 5.56 Å². The summed E-state index contributed by atoms with van der Waals surface area (Å²) >= 11 is 0. The molecule has 1 saturated carbocycles. The maximum absolute atomic E-state index is 12.4. The van der Waals surface area contributed by atoms with Crippen molar-refractivity contribution < 1.29 is 14.3 Å². The molecule has 2 aromatic carbocycles. The minimum Gasteiger partial charge on any atom is -0.493 e. The molecule has 2 aromatic rings. The number of nitrogens with zero attached hydrogens (tertiary/aromatic N) is 1. The van der Waals surface area contributed by atoms with E-state index >= 15 is 0 Å². The number of benzene rings is 2. The molecule has 1 aliphatic heterocycles. The summed E-state index contributed by atoms with van der Waals surface area (Å²) in [4.78, 5) is 26.4. The Morgan fingerprint density at radius 3 is 2.69 bits per heavy atom. The molecule has 5 nitrogen and oxygen atoms in total. The van der Waals surface area contributed by atoms with E-state index in [0.29, 0.717) is 6.61 Å². The number of carbonyl (C=O) groups is 2. The predicted octanol–water partition coefficient (Wildman–Crippen LogP) is 3.39. The summed E-state index contributed by atoms with van der Waals surface area (Å²) in [7, 11) is 0. The molecule has 1 fully saturated rings. The van der Waals surface area contributed by atoms with Crippen molar-refractivity contribution in [2.24, 2.45) is 5.92 Å². The maximum Gasteiger partial charge on any atom is 0.230 e. The lowest BCUT2D eigenvalue weighted by Gasteiger charge is -2.18. The van der Waals surface area contributed by atoms with Crippen molar-refractivity contribution in [3.05, 3.63) is 54.1 Å². The highest BCUT2D eigenvalue weighted by Gasteiger charge is 2.36. The molecule has 1 aliphatic carbocycles. The van der Waals surface area contributed by atoms with Crippen LogP contribution in [-0.2, 0) is 16.0 Å². The first-order valence-electron chi connectivity index (χ1n) is 9.13. The summed E-state index contributed by atoms with van der Waals surface area (Å²) in [6.45, 7) is 1.07. The van der Waals surface area contributed by atoms with E-state index in [1.54, 1.807) is 0 Å². The zero-order chi connectivity index (χ0) is 17.9. The number of hydrogen-bond donors (Lipinski definition) is 1. The normalized spacial score (nSPS) is 15.5. The molecule has 26 heavy (non-hydrogen) atoms. The molecular formula is C21H22N2O3. The molecule has 134 valence electrons. The zero-order valence-electron chi connectivity index (χ0n) is 14.6. The third kappa shape index (κ3) is 3.72. The average Bonchev–Trinajstić information content (AvgIpc) is 3.42. The fourth-order valence-corrected chi connectivity index (χ4v) is 3.24. The second kappa shape index (κ2) is 7.20. The maximum atomic E-state index is 12.4. The molecule has 2 aliphatic rings. The van der Waals surface area contributed by atoms with E-state index in [2.05, 4.69) is 5.32 Å². The Labute approximate surface area is 153 Å². The first-order valence-corrected chi connectivity index (χ1v) is 9.13. The Hall–Kier alpha value is -2.82.